The van der Waals surface area contributed by atoms with Crippen LogP contribution in [0.3, 0.4) is 0 Å². The fraction of sp³-hybridized carbons (Fsp3) is 0.227. The van der Waals surface area contributed by atoms with Gasteiger partial charge in [-0.1, -0.05) is 23.9 Å². The molecule has 0 bridgehead atoms. The van der Waals surface area contributed by atoms with Gasteiger partial charge in [0.2, 0.25) is 0 Å². The van der Waals surface area contributed by atoms with Gasteiger partial charge in [0.1, 0.15) is 15.8 Å². The van der Waals surface area contributed by atoms with Gasteiger partial charge in [0.05, 0.1) is 6.61 Å². The first-order valence-corrected chi connectivity index (χ1v) is 10.4. The van der Waals surface area contributed by atoms with Crippen LogP contribution >= 0.6 is 11.8 Å². The Morgan fingerprint density at radius 1 is 1.10 bits per heavy atom. The number of hydrogen-bond donors (Lipinski definition) is 1. The lowest BCUT2D eigenvalue weighted by Gasteiger charge is -2.29. The van der Waals surface area contributed by atoms with Crippen LogP contribution in [0.1, 0.15) is 18.1 Å². The highest BCUT2D eigenvalue weighted by Crippen LogP contribution is 2.27. The lowest BCUT2D eigenvalue weighted by Crippen LogP contribution is -2.38. The van der Waals surface area contributed by atoms with E-state index >= 15 is 0 Å². The third-order valence-corrected chi connectivity index (χ3v) is 5.50. The Hall–Kier alpha value is -3.06. The fourth-order valence-corrected chi connectivity index (χ4v) is 4.00. The van der Waals surface area contributed by atoms with Crippen molar-refractivity contribution < 1.29 is 9.53 Å². The summed E-state index contributed by atoms with van der Waals surface area (Å²) in [6.45, 7) is 3.86. The van der Waals surface area contributed by atoms with Gasteiger partial charge in [-0.3, -0.25) is 0 Å². The van der Waals surface area contributed by atoms with Gasteiger partial charge < -0.3 is 15.0 Å². The first-order valence-electron chi connectivity index (χ1n) is 9.57. The molecule has 6 nitrogen and oxygen atoms in total. The third-order valence-electron chi connectivity index (χ3n) is 4.62. The van der Waals surface area contributed by atoms with E-state index < -0.39 is 0 Å². The number of aromatic nitrogens is 2. The number of pyridine rings is 2. The molecule has 3 heterocycles. The lowest BCUT2D eigenvalue weighted by atomic mass is 10.00. The average molecular weight is 407 g/mol. The molecule has 0 spiro atoms. The molecule has 2 aromatic heterocycles. The Bertz CT molecular complexity index is 997. The van der Waals surface area contributed by atoms with Crippen molar-refractivity contribution >= 4 is 23.5 Å². The zero-order chi connectivity index (χ0) is 20.1. The van der Waals surface area contributed by atoms with Crippen molar-refractivity contribution in [1.82, 2.24) is 14.9 Å². The topological polar surface area (TPSA) is 67.3 Å². The van der Waals surface area contributed by atoms with Crippen LogP contribution in [0.4, 0.5) is 10.5 Å². The van der Waals surface area contributed by atoms with Gasteiger partial charge >= 0.3 is 6.03 Å². The van der Waals surface area contributed by atoms with Crippen molar-refractivity contribution in [3.63, 3.8) is 0 Å². The minimum atomic E-state index is -0.113. The molecular formula is C22H22N4O2S. The average Bonchev–Trinajstić information content (AvgIpc) is 2.74. The minimum absolute atomic E-state index is 0.113. The zero-order valence-corrected chi connectivity index (χ0v) is 17.0. The number of amides is 2. The van der Waals surface area contributed by atoms with Gasteiger partial charge in [0.25, 0.3) is 0 Å². The molecule has 0 saturated carbocycles. The van der Waals surface area contributed by atoms with Crippen LogP contribution in [0, 0.1) is 0 Å². The molecule has 148 valence electrons. The number of nitrogens with zero attached hydrogens (tertiary/aromatic N) is 3. The Balaban J connectivity index is 1.42. The summed E-state index contributed by atoms with van der Waals surface area (Å²) >= 11 is 1.46. The van der Waals surface area contributed by atoms with Crippen LogP contribution in [0.25, 0.3) is 0 Å². The van der Waals surface area contributed by atoms with E-state index in [9.17, 15) is 4.79 Å². The molecule has 0 fully saturated rings. The van der Waals surface area contributed by atoms with Crippen LogP contribution in [0.15, 0.2) is 71.0 Å². The smallest absolute Gasteiger partial charge is 0.322 e. The van der Waals surface area contributed by atoms with Crippen molar-refractivity contribution in [2.45, 2.75) is 29.9 Å². The summed E-state index contributed by atoms with van der Waals surface area (Å²) in [7, 11) is 0. The number of ether oxygens (including phenoxy) is 1. The van der Waals surface area contributed by atoms with Crippen LogP contribution in [0.2, 0.25) is 0 Å². The Labute approximate surface area is 174 Å². The van der Waals surface area contributed by atoms with Crippen LogP contribution in [0.5, 0.6) is 5.75 Å². The highest BCUT2D eigenvalue weighted by Gasteiger charge is 2.21. The van der Waals surface area contributed by atoms with Crippen molar-refractivity contribution in [3.05, 3.63) is 72.1 Å². The molecule has 0 saturated heterocycles. The molecule has 2 amide bonds. The molecule has 4 rings (SSSR count). The van der Waals surface area contributed by atoms with Crippen molar-refractivity contribution in [2.24, 2.45) is 0 Å². The van der Waals surface area contributed by atoms with E-state index in [1.165, 1.54) is 17.3 Å². The molecule has 0 aliphatic carbocycles. The number of fused-ring (bicyclic) bond motifs is 1. The van der Waals surface area contributed by atoms with E-state index in [2.05, 4.69) is 21.4 Å². The summed E-state index contributed by atoms with van der Waals surface area (Å²) in [5.41, 5.74) is 3.13. The normalized spacial score (nSPS) is 12.9. The zero-order valence-electron chi connectivity index (χ0n) is 16.2. The molecule has 29 heavy (non-hydrogen) atoms. The van der Waals surface area contributed by atoms with Crippen LogP contribution < -0.4 is 10.1 Å². The molecule has 1 N–H and O–H groups in total. The maximum atomic E-state index is 12.8. The van der Waals surface area contributed by atoms with Crippen molar-refractivity contribution in [3.8, 4) is 5.75 Å². The van der Waals surface area contributed by atoms with Crippen LogP contribution in [-0.4, -0.2) is 34.1 Å². The highest BCUT2D eigenvalue weighted by atomic mass is 32.2. The van der Waals surface area contributed by atoms with Gasteiger partial charge in [-0.15, -0.1) is 0 Å². The summed E-state index contributed by atoms with van der Waals surface area (Å²) in [6, 6.07) is 15.4. The second-order valence-electron chi connectivity index (χ2n) is 6.62. The van der Waals surface area contributed by atoms with E-state index in [-0.39, 0.29) is 6.03 Å². The number of urea groups is 1. The predicted octanol–water partition coefficient (Wildman–Crippen LogP) is 4.62. The second-order valence-corrected chi connectivity index (χ2v) is 7.66. The fourth-order valence-electron chi connectivity index (χ4n) is 3.22. The van der Waals surface area contributed by atoms with Crippen molar-refractivity contribution in [1.29, 1.82) is 0 Å². The molecule has 0 atom stereocenters. The SMILES string of the molecule is CCOc1ccc2c(c1)CN(C(=O)Nc1ccnc(Sc3ccccn3)c1)CC2. The number of carbonyl (C=O) groups excluding carboxylic acids is 1. The molecule has 0 unspecified atom stereocenters. The van der Waals surface area contributed by atoms with Crippen LogP contribution in [-0.2, 0) is 13.0 Å². The van der Waals surface area contributed by atoms with Gasteiger partial charge in [0.15, 0.2) is 0 Å². The quantitative estimate of drug-likeness (QED) is 0.670. The Morgan fingerprint density at radius 3 is 2.83 bits per heavy atom. The largest absolute Gasteiger partial charge is 0.494 e. The highest BCUT2D eigenvalue weighted by molar-refractivity contribution is 7.99. The summed E-state index contributed by atoms with van der Waals surface area (Å²) in [5.74, 6) is 0.846. The number of hydrogen-bond acceptors (Lipinski definition) is 5. The van der Waals surface area contributed by atoms with E-state index in [4.69, 9.17) is 4.74 Å². The van der Waals surface area contributed by atoms with E-state index in [1.54, 1.807) is 18.5 Å². The molecule has 7 heteroatoms. The second kappa shape index (κ2) is 8.96. The molecular weight excluding hydrogens is 384 g/mol. The van der Waals surface area contributed by atoms with Gasteiger partial charge in [-0.05, 0) is 60.9 Å². The summed E-state index contributed by atoms with van der Waals surface area (Å²) in [5, 5.41) is 4.64. The molecule has 0 radical (unpaired) electrons. The molecule has 1 aliphatic heterocycles. The van der Waals surface area contributed by atoms with E-state index in [1.807, 2.05) is 48.2 Å². The van der Waals surface area contributed by atoms with Gasteiger partial charge in [0, 0.05) is 31.2 Å². The third kappa shape index (κ3) is 4.86. The molecule has 1 aromatic carbocycles. The monoisotopic (exact) mass is 406 g/mol. The number of benzene rings is 1. The summed E-state index contributed by atoms with van der Waals surface area (Å²) in [4.78, 5) is 23.3. The van der Waals surface area contributed by atoms with Crippen molar-refractivity contribution in [2.75, 3.05) is 18.5 Å². The predicted molar refractivity (Wildman–Crippen MR) is 113 cm³/mol. The maximum Gasteiger partial charge on any atom is 0.322 e. The molecule has 1 aliphatic rings. The first kappa shape index (κ1) is 19.3. The first-order chi connectivity index (χ1) is 14.2. The minimum Gasteiger partial charge on any atom is -0.494 e. The maximum absolute atomic E-state index is 12.8. The summed E-state index contributed by atoms with van der Waals surface area (Å²) in [6.07, 6.45) is 4.28. The number of nitrogens with one attached hydrogen (secondary N) is 1. The summed E-state index contributed by atoms with van der Waals surface area (Å²) < 4.78 is 5.59. The number of carbonyl (C=O) groups is 1. The Kier molecular flexibility index (Phi) is 5.95. The van der Waals surface area contributed by atoms with E-state index in [0.717, 1.165) is 33.5 Å². The van der Waals surface area contributed by atoms with Gasteiger partial charge in [-0.25, -0.2) is 14.8 Å². The Morgan fingerprint density at radius 2 is 2.00 bits per heavy atom. The van der Waals surface area contributed by atoms with E-state index in [0.29, 0.717) is 19.7 Å². The molecule has 3 aromatic rings. The van der Waals surface area contributed by atoms with Gasteiger partial charge in [-0.2, -0.15) is 0 Å². The lowest BCUT2D eigenvalue weighted by molar-refractivity contribution is 0.206. The number of rotatable bonds is 5. The number of anilines is 1. The standard InChI is InChI=1S/C22H22N4O2S/c1-2-28-19-7-6-16-9-12-26(15-17(16)13-19)22(27)25-18-8-11-24-21(14-18)29-20-5-3-4-10-23-20/h3-8,10-11,13-14H,2,9,12,15H2,1H3,(H,24,25,27).